The molecule has 0 bridgehead atoms. The second-order valence-electron chi connectivity index (χ2n) is 5.48. The van der Waals surface area contributed by atoms with Gasteiger partial charge in [-0.1, -0.05) is 35.9 Å². The molecule has 1 aliphatic carbocycles. The van der Waals surface area contributed by atoms with E-state index in [9.17, 15) is 14.7 Å². The number of benzene rings is 1. The summed E-state index contributed by atoms with van der Waals surface area (Å²) < 4.78 is 4.89. The molecule has 0 saturated heterocycles. The van der Waals surface area contributed by atoms with Crippen molar-refractivity contribution in [3.05, 3.63) is 47.5 Å². The van der Waals surface area contributed by atoms with Crippen molar-refractivity contribution in [3.63, 3.8) is 0 Å². The molecular weight excluding hydrogens is 268 g/mol. The van der Waals surface area contributed by atoms with E-state index < -0.39 is 11.4 Å². The Morgan fingerprint density at radius 1 is 1.33 bits per heavy atom. The standard InChI is InChI=1S/C17H20O4/c1-2-21-15(18)10-14-8-9-17(12-14,16(19)20)11-13-6-4-3-5-7-13/h3-7,10H,2,8-9,11-12H2,1H3,(H,19,20)/b14-10-. The number of esters is 1. The van der Waals surface area contributed by atoms with Gasteiger partial charge in [-0.3, -0.25) is 4.79 Å². The normalized spacial score (nSPS) is 23.2. The van der Waals surface area contributed by atoms with Crippen LogP contribution >= 0.6 is 0 Å². The molecule has 1 saturated carbocycles. The van der Waals surface area contributed by atoms with E-state index in [-0.39, 0.29) is 5.97 Å². The van der Waals surface area contributed by atoms with Gasteiger partial charge in [0.15, 0.2) is 0 Å². The summed E-state index contributed by atoms with van der Waals surface area (Å²) in [5.41, 5.74) is 1.07. The third-order valence-corrected chi connectivity index (χ3v) is 3.94. The third kappa shape index (κ3) is 3.72. The molecule has 1 aliphatic rings. The predicted octanol–water partition coefficient (Wildman–Crippen LogP) is 2.97. The molecule has 1 fully saturated rings. The van der Waals surface area contributed by atoms with Crippen molar-refractivity contribution in [1.82, 2.24) is 0 Å². The highest BCUT2D eigenvalue weighted by molar-refractivity contribution is 5.84. The molecule has 0 amide bonds. The minimum atomic E-state index is -0.806. The van der Waals surface area contributed by atoms with Gasteiger partial charge in [-0.15, -0.1) is 0 Å². The summed E-state index contributed by atoms with van der Waals surface area (Å²) in [7, 11) is 0. The Morgan fingerprint density at radius 3 is 2.67 bits per heavy atom. The van der Waals surface area contributed by atoms with Crippen LogP contribution in [0.5, 0.6) is 0 Å². The molecule has 0 spiro atoms. The van der Waals surface area contributed by atoms with Crippen molar-refractivity contribution >= 4 is 11.9 Å². The lowest BCUT2D eigenvalue weighted by atomic mass is 9.80. The predicted molar refractivity (Wildman–Crippen MR) is 78.8 cm³/mol. The van der Waals surface area contributed by atoms with E-state index in [1.165, 1.54) is 6.08 Å². The summed E-state index contributed by atoms with van der Waals surface area (Å²) in [6.07, 6.45) is 3.55. The van der Waals surface area contributed by atoms with Crippen molar-refractivity contribution in [2.75, 3.05) is 6.61 Å². The van der Waals surface area contributed by atoms with Gasteiger partial charge in [0.2, 0.25) is 0 Å². The monoisotopic (exact) mass is 288 g/mol. The molecule has 1 aromatic rings. The average Bonchev–Trinajstić information content (AvgIpc) is 2.84. The van der Waals surface area contributed by atoms with Gasteiger partial charge in [-0.05, 0) is 38.2 Å². The molecule has 21 heavy (non-hydrogen) atoms. The number of allylic oxidation sites excluding steroid dienone is 1. The fourth-order valence-electron chi connectivity index (χ4n) is 2.88. The molecule has 2 rings (SSSR count). The highest BCUT2D eigenvalue weighted by Crippen LogP contribution is 2.44. The minimum absolute atomic E-state index is 0.330. The van der Waals surface area contributed by atoms with Gasteiger partial charge >= 0.3 is 11.9 Å². The van der Waals surface area contributed by atoms with Crippen LogP contribution in [0.4, 0.5) is 0 Å². The van der Waals surface area contributed by atoms with Crippen LogP contribution in [-0.4, -0.2) is 23.7 Å². The summed E-state index contributed by atoms with van der Waals surface area (Å²) in [4.78, 5) is 23.2. The lowest BCUT2D eigenvalue weighted by Crippen LogP contribution is -2.30. The molecule has 112 valence electrons. The molecule has 1 N–H and O–H groups in total. The van der Waals surface area contributed by atoms with Crippen molar-refractivity contribution in [3.8, 4) is 0 Å². The van der Waals surface area contributed by atoms with E-state index in [1.807, 2.05) is 30.3 Å². The Labute approximate surface area is 124 Å². The first-order chi connectivity index (χ1) is 10.1. The summed E-state index contributed by atoms with van der Waals surface area (Å²) in [6.45, 7) is 2.08. The number of carbonyl (C=O) groups is 2. The summed E-state index contributed by atoms with van der Waals surface area (Å²) in [5.74, 6) is -1.17. The highest BCUT2D eigenvalue weighted by atomic mass is 16.5. The van der Waals surface area contributed by atoms with Gasteiger partial charge < -0.3 is 9.84 Å². The number of hydrogen-bond acceptors (Lipinski definition) is 3. The van der Waals surface area contributed by atoms with Crippen molar-refractivity contribution in [2.45, 2.75) is 32.6 Å². The van der Waals surface area contributed by atoms with Crippen LogP contribution in [0.2, 0.25) is 0 Å². The number of ether oxygens (including phenoxy) is 1. The van der Waals surface area contributed by atoms with Gasteiger partial charge in [0.25, 0.3) is 0 Å². The van der Waals surface area contributed by atoms with Crippen LogP contribution in [0, 0.1) is 5.41 Å². The molecule has 0 heterocycles. The number of carboxylic acids is 1. The maximum atomic E-state index is 11.7. The van der Waals surface area contributed by atoms with Crippen LogP contribution < -0.4 is 0 Å². The average molecular weight is 288 g/mol. The third-order valence-electron chi connectivity index (χ3n) is 3.94. The molecule has 1 atom stereocenters. The maximum absolute atomic E-state index is 11.7. The van der Waals surface area contributed by atoms with E-state index in [2.05, 4.69) is 0 Å². The van der Waals surface area contributed by atoms with Gasteiger partial charge in [0.05, 0.1) is 12.0 Å². The fraction of sp³-hybridized carbons (Fsp3) is 0.412. The lowest BCUT2D eigenvalue weighted by Gasteiger charge is -2.23. The number of rotatable bonds is 5. The Bertz CT molecular complexity index is 547. The topological polar surface area (TPSA) is 63.6 Å². The maximum Gasteiger partial charge on any atom is 0.330 e. The first-order valence-electron chi connectivity index (χ1n) is 7.19. The smallest absolute Gasteiger partial charge is 0.330 e. The molecule has 0 aliphatic heterocycles. The molecule has 0 radical (unpaired) electrons. The van der Waals surface area contributed by atoms with E-state index in [0.717, 1.165) is 11.1 Å². The van der Waals surface area contributed by atoms with Crippen LogP contribution in [0.3, 0.4) is 0 Å². The van der Waals surface area contributed by atoms with Crippen molar-refractivity contribution in [1.29, 1.82) is 0 Å². The second-order valence-corrected chi connectivity index (χ2v) is 5.48. The van der Waals surface area contributed by atoms with Crippen LogP contribution in [-0.2, 0) is 20.7 Å². The van der Waals surface area contributed by atoms with Crippen LogP contribution in [0.15, 0.2) is 42.0 Å². The molecule has 4 nitrogen and oxygen atoms in total. The zero-order valence-electron chi connectivity index (χ0n) is 12.2. The Balaban J connectivity index is 2.15. The number of carboxylic acid groups (broad SMARTS) is 1. The van der Waals surface area contributed by atoms with E-state index in [1.54, 1.807) is 6.92 Å². The van der Waals surface area contributed by atoms with Gasteiger partial charge in [0.1, 0.15) is 0 Å². The van der Waals surface area contributed by atoms with Gasteiger partial charge in [-0.2, -0.15) is 0 Å². The number of carbonyl (C=O) groups excluding carboxylic acids is 1. The molecule has 1 aromatic carbocycles. The molecular formula is C17H20O4. The zero-order chi connectivity index (χ0) is 15.3. The number of aliphatic carboxylic acids is 1. The zero-order valence-corrected chi connectivity index (χ0v) is 12.2. The van der Waals surface area contributed by atoms with E-state index in [0.29, 0.717) is 32.3 Å². The summed E-state index contributed by atoms with van der Waals surface area (Å²) >= 11 is 0. The van der Waals surface area contributed by atoms with Gasteiger partial charge in [-0.25, -0.2) is 4.79 Å². The minimum Gasteiger partial charge on any atom is -0.481 e. The second kappa shape index (κ2) is 6.57. The van der Waals surface area contributed by atoms with Crippen LogP contribution in [0.1, 0.15) is 31.7 Å². The largest absolute Gasteiger partial charge is 0.481 e. The summed E-state index contributed by atoms with van der Waals surface area (Å²) in [6, 6.07) is 9.62. The fourth-order valence-corrected chi connectivity index (χ4v) is 2.88. The lowest BCUT2D eigenvalue weighted by molar-refractivity contribution is -0.148. The first-order valence-corrected chi connectivity index (χ1v) is 7.19. The van der Waals surface area contributed by atoms with Gasteiger partial charge in [0, 0.05) is 6.08 Å². The van der Waals surface area contributed by atoms with Crippen molar-refractivity contribution in [2.24, 2.45) is 5.41 Å². The Kier molecular flexibility index (Phi) is 4.78. The van der Waals surface area contributed by atoms with E-state index >= 15 is 0 Å². The molecule has 0 aromatic heterocycles. The Hall–Kier alpha value is -2.10. The number of hydrogen-bond donors (Lipinski definition) is 1. The highest BCUT2D eigenvalue weighted by Gasteiger charge is 2.43. The van der Waals surface area contributed by atoms with Crippen LogP contribution in [0.25, 0.3) is 0 Å². The van der Waals surface area contributed by atoms with Crippen molar-refractivity contribution < 1.29 is 19.4 Å². The summed E-state index contributed by atoms with van der Waals surface area (Å²) in [5, 5.41) is 9.64. The molecule has 4 heteroatoms. The Morgan fingerprint density at radius 2 is 2.05 bits per heavy atom. The quantitative estimate of drug-likeness (QED) is 0.668. The van der Waals surface area contributed by atoms with E-state index in [4.69, 9.17) is 4.74 Å². The molecule has 1 unspecified atom stereocenters. The first kappa shape index (κ1) is 15.3. The SMILES string of the molecule is CCOC(=O)/C=C1/CCC(Cc2ccccc2)(C(=O)O)C1.